The summed E-state index contributed by atoms with van der Waals surface area (Å²) >= 11 is 0. The minimum Gasteiger partial charge on any atom is -0.508 e. The number of aromatic nitrogens is 2. The van der Waals surface area contributed by atoms with Crippen LogP contribution in [0.1, 0.15) is 36.8 Å². The van der Waals surface area contributed by atoms with Crippen LogP contribution in [0.5, 0.6) is 5.75 Å². The predicted octanol–water partition coefficient (Wildman–Crippen LogP) is 4.27. The average Bonchev–Trinajstić information content (AvgIpc) is 3.53. The zero-order valence-corrected chi connectivity index (χ0v) is 20.3. The number of phenolic OH excluding ortho intramolecular Hbond substituents is 1. The van der Waals surface area contributed by atoms with Crippen molar-refractivity contribution in [1.29, 1.82) is 0 Å². The van der Waals surface area contributed by atoms with Crippen molar-refractivity contribution >= 4 is 11.6 Å². The van der Waals surface area contributed by atoms with Crippen LogP contribution in [0.3, 0.4) is 0 Å². The maximum atomic E-state index is 12.6. The predicted molar refractivity (Wildman–Crippen MR) is 138 cm³/mol. The van der Waals surface area contributed by atoms with Crippen molar-refractivity contribution < 1.29 is 14.6 Å². The van der Waals surface area contributed by atoms with Crippen molar-refractivity contribution in [2.24, 2.45) is 18.5 Å². The van der Waals surface area contributed by atoms with Gasteiger partial charge in [0.25, 0.3) is 0 Å². The molecule has 1 fully saturated rings. The fourth-order valence-corrected chi connectivity index (χ4v) is 5.25. The minimum atomic E-state index is -1.22. The van der Waals surface area contributed by atoms with Crippen molar-refractivity contribution in [3.63, 3.8) is 0 Å². The molecule has 5 N–H and O–H groups in total. The lowest BCUT2D eigenvalue weighted by Crippen LogP contribution is -2.70. The number of hydrogen-bond donors (Lipinski definition) is 3. The molecule has 0 bridgehead atoms. The van der Waals surface area contributed by atoms with E-state index in [1.165, 1.54) is 4.90 Å². The molecular formula is C28H31N5O3. The van der Waals surface area contributed by atoms with E-state index in [-0.39, 0.29) is 5.75 Å². The number of rotatable bonds is 6. The number of urea groups is 1. The van der Waals surface area contributed by atoms with Gasteiger partial charge in [-0.3, -0.25) is 9.58 Å². The Morgan fingerprint density at radius 3 is 2.50 bits per heavy atom. The van der Waals surface area contributed by atoms with Crippen molar-refractivity contribution in [3.8, 4) is 16.9 Å². The first-order valence-corrected chi connectivity index (χ1v) is 12.1. The number of primary amides is 1. The van der Waals surface area contributed by atoms with Gasteiger partial charge in [0.1, 0.15) is 17.0 Å². The third kappa shape index (κ3) is 4.29. The summed E-state index contributed by atoms with van der Waals surface area (Å²) in [5, 5.41) is 14.0. The first-order valence-electron chi connectivity index (χ1n) is 12.1. The summed E-state index contributed by atoms with van der Waals surface area (Å²) in [5.74, 6) is 0.233. The van der Waals surface area contributed by atoms with Crippen molar-refractivity contribution in [2.75, 3.05) is 0 Å². The second kappa shape index (κ2) is 9.29. The second-order valence-electron chi connectivity index (χ2n) is 9.59. The molecule has 1 atom stereocenters. The average molecular weight is 486 g/mol. The Balaban J connectivity index is 1.39. The minimum absolute atomic E-state index is 0.233. The number of hydrogen-bond acceptors (Lipinski definition) is 5. The first kappa shape index (κ1) is 23.8. The highest BCUT2D eigenvalue weighted by atomic mass is 16.5. The van der Waals surface area contributed by atoms with Crippen LogP contribution in [0.4, 0.5) is 4.79 Å². The van der Waals surface area contributed by atoms with Crippen LogP contribution in [0.15, 0.2) is 79.3 Å². The highest BCUT2D eigenvalue weighted by Crippen LogP contribution is 2.45. The fourth-order valence-electron chi connectivity index (χ4n) is 5.25. The molecule has 186 valence electrons. The molecule has 0 saturated heterocycles. The van der Waals surface area contributed by atoms with Crippen LogP contribution in [0, 0.1) is 0 Å². The Morgan fingerprint density at radius 1 is 1.11 bits per heavy atom. The Bertz CT molecular complexity index is 1320. The van der Waals surface area contributed by atoms with Crippen LogP contribution >= 0.6 is 0 Å². The molecule has 1 aliphatic heterocycles. The molecular weight excluding hydrogens is 454 g/mol. The fraction of sp³-hybridized carbons (Fsp3) is 0.286. The molecule has 5 rings (SSSR count). The SMILES string of the molecule is Cn1cc(C2=CN(C(N)=O)[C@](N)(C3(OCc4ccc(-c5cccc(O)c5)cc4)CCCC3)C=C2)cn1. The topological polar surface area (TPSA) is 120 Å². The van der Waals surface area contributed by atoms with Crippen molar-refractivity contribution in [2.45, 2.75) is 43.6 Å². The summed E-state index contributed by atoms with van der Waals surface area (Å²) in [6.45, 7) is 0.346. The number of nitrogens with two attached hydrogens (primary N) is 2. The second-order valence-corrected chi connectivity index (χ2v) is 9.59. The Kier molecular flexibility index (Phi) is 6.15. The summed E-state index contributed by atoms with van der Waals surface area (Å²) < 4.78 is 8.30. The van der Waals surface area contributed by atoms with E-state index in [9.17, 15) is 9.90 Å². The Labute approximate surface area is 210 Å². The zero-order valence-electron chi connectivity index (χ0n) is 20.3. The van der Waals surface area contributed by atoms with Gasteiger partial charge < -0.3 is 21.3 Å². The number of amides is 2. The molecule has 1 aliphatic carbocycles. The monoisotopic (exact) mass is 485 g/mol. The molecule has 1 saturated carbocycles. The summed E-state index contributed by atoms with van der Waals surface area (Å²) in [7, 11) is 1.84. The molecule has 8 heteroatoms. The van der Waals surface area contributed by atoms with Gasteiger partial charge in [0.2, 0.25) is 0 Å². The van der Waals surface area contributed by atoms with E-state index < -0.39 is 17.3 Å². The molecule has 0 radical (unpaired) electrons. The van der Waals surface area contributed by atoms with E-state index in [2.05, 4.69) is 5.10 Å². The summed E-state index contributed by atoms with van der Waals surface area (Å²) in [5.41, 5.74) is 15.4. The summed E-state index contributed by atoms with van der Waals surface area (Å²) in [6, 6.07) is 14.6. The lowest BCUT2D eigenvalue weighted by molar-refractivity contribution is -0.119. The maximum absolute atomic E-state index is 12.6. The van der Waals surface area contributed by atoms with Crippen LogP contribution in [-0.4, -0.2) is 37.1 Å². The lowest BCUT2D eigenvalue weighted by Gasteiger charge is -2.50. The number of benzene rings is 2. The molecule has 0 spiro atoms. The van der Waals surface area contributed by atoms with Gasteiger partial charge in [-0.1, -0.05) is 55.3 Å². The van der Waals surface area contributed by atoms with E-state index in [1.54, 1.807) is 29.2 Å². The molecule has 2 heterocycles. The molecule has 3 aromatic rings. The molecule has 36 heavy (non-hydrogen) atoms. The van der Waals surface area contributed by atoms with Gasteiger partial charge in [-0.25, -0.2) is 4.79 Å². The number of nitrogens with zero attached hydrogens (tertiary/aromatic N) is 3. The molecule has 8 nitrogen and oxygen atoms in total. The summed E-state index contributed by atoms with van der Waals surface area (Å²) in [4.78, 5) is 14.0. The van der Waals surface area contributed by atoms with Gasteiger partial charge in [-0.2, -0.15) is 5.10 Å². The number of carbonyl (C=O) groups is 1. The quantitative estimate of drug-likeness (QED) is 0.482. The molecule has 2 aromatic carbocycles. The zero-order chi connectivity index (χ0) is 25.3. The highest BCUT2D eigenvalue weighted by Gasteiger charge is 2.55. The highest BCUT2D eigenvalue weighted by molar-refractivity contribution is 5.82. The third-order valence-corrected chi connectivity index (χ3v) is 7.25. The van der Waals surface area contributed by atoms with Gasteiger partial charge >= 0.3 is 6.03 Å². The normalized spacial score (nSPS) is 20.9. The van der Waals surface area contributed by atoms with E-state index in [4.69, 9.17) is 16.2 Å². The van der Waals surface area contributed by atoms with E-state index in [0.717, 1.165) is 53.5 Å². The Morgan fingerprint density at radius 2 is 1.86 bits per heavy atom. The molecule has 2 aliphatic rings. The van der Waals surface area contributed by atoms with Crippen LogP contribution in [0.2, 0.25) is 0 Å². The number of carbonyl (C=O) groups excluding carboxylic acids is 1. The van der Waals surface area contributed by atoms with E-state index in [1.807, 2.05) is 61.8 Å². The first-order chi connectivity index (χ1) is 17.3. The lowest BCUT2D eigenvalue weighted by atomic mass is 9.82. The van der Waals surface area contributed by atoms with Gasteiger partial charge in [0.15, 0.2) is 0 Å². The van der Waals surface area contributed by atoms with Gasteiger partial charge in [0, 0.05) is 30.6 Å². The number of aromatic hydroxyl groups is 1. The largest absolute Gasteiger partial charge is 0.508 e. The molecule has 1 aromatic heterocycles. The van der Waals surface area contributed by atoms with Crippen LogP contribution < -0.4 is 11.5 Å². The molecule has 2 amide bonds. The van der Waals surface area contributed by atoms with Crippen LogP contribution in [0.25, 0.3) is 16.7 Å². The third-order valence-electron chi connectivity index (χ3n) is 7.25. The number of phenols is 1. The Hall–Kier alpha value is -3.88. The number of ether oxygens (including phenoxy) is 1. The maximum Gasteiger partial charge on any atom is 0.320 e. The van der Waals surface area contributed by atoms with E-state index in [0.29, 0.717) is 6.61 Å². The standard InChI is InChI=1S/C28H31N5O3/c1-32-17-24(16-31-32)23-11-14-28(30,33(18-23)26(29)35)27(12-2-3-13-27)36-19-20-7-9-21(10-8-20)22-5-4-6-25(34)15-22/h4-11,14-18,34H,2-3,12-13,19,30H2,1H3,(H2,29,35)/t28-/m0/s1. The van der Waals surface area contributed by atoms with Gasteiger partial charge in [0.05, 0.1) is 12.8 Å². The summed E-state index contributed by atoms with van der Waals surface area (Å²) in [6.07, 6.45) is 12.4. The van der Waals surface area contributed by atoms with E-state index >= 15 is 0 Å². The van der Waals surface area contributed by atoms with Crippen molar-refractivity contribution in [3.05, 3.63) is 90.4 Å². The number of aryl methyl sites for hydroxylation is 1. The smallest absolute Gasteiger partial charge is 0.320 e. The number of allylic oxidation sites excluding steroid dienone is 2. The van der Waals surface area contributed by atoms with Crippen LogP contribution in [-0.2, 0) is 18.4 Å². The van der Waals surface area contributed by atoms with Gasteiger partial charge in [-0.05, 0) is 47.7 Å². The van der Waals surface area contributed by atoms with Crippen molar-refractivity contribution in [1.82, 2.24) is 14.7 Å². The van der Waals surface area contributed by atoms with Gasteiger partial charge in [-0.15, -0.1) is 0 Å². The molecule has 0 unspecified atom stereocenters.